The van der Waals surface area contributed by atoms with E-state index in [2.05, 4.69) is 56.4 Å². The van der Waals surface area contributed by atoms with Gasteiger partial charge < -0.3 is 5.32 Å². The second kappa shape index (κ2) is 5.48. The van der Waals surface area contributed by atoms with E-state index in [9.17, 15) is 0 Å². The van der Waals surface area contributed by atoms with Crippen LogP contribution in [-0.4, -0.2) is 0 Å². The number of benzene rings is 1. The first-order chi connectivity index (χ1) is 6.74. The van der Waals surface area contributed by atoms with Crippen molar-refractivity contribution in [3.63, 3.8) is 0 Å². The Hall–Kier alpha value is -1.24. The molecule has 1 aromatic rings. The van der Waals surface area contributed by atoms with Gasteiger partial charge >= 0.3 is 0 Å². The third kappa shape index (κ3) is 3.25. The number of allylic oxidation sites excluding steroid dienone is 2. The average Bonchev–Trinajstić information content (AvgIpc) is 2.20. The number of hydrogen-bond acceptors (Lipinski definition) is 1. The van der Waals surface area contributed by atoms with E-state index >= 15 is 0 Å². The lowest BCUT2D eigenvalue weighted by molar-refractivity contribution is 0.650. The van der Waals surface area contributed by atoms with Gasteiger partial charge in [-0.05, 0) is 18.4 Å². The first kappa shape index (κ1) is 10.8. The summed E-state index contributed by atoms with van der Waals surface area (Å²) >= 11 is 0. The fourth-order valence-electron chi connectivity index (χ4n) is 1.44. The Bertz CT molecular complexity index is 285. The first-order valence-corrected chi connectivity index (χ1v) is 5.18. The van der Waals surface area contributed by atoms with Gasteiger partial charge in [-0.25, -0.2) is 0 Å². The van der Waals surface area contributed by atoms with Gasteiger partial charge in [0, 0.05) is 12.2 Å². The van der Waals surface area contributed by atoms with E-state index in [0.717, 1.165) is 6.54 Å². The summed E-state index contributed by atoms with van der Waals surface area (Å²) in [4.78, 5) is 0. The SMILES string of the molecule is CC=C(NCc1ccccc1)C(C)C. The number of nitrogens with one attached hydrogen (secondary N) is 1. The van der Waals surface area contributed by atoms with E-state index in [0.29, 0.717) is 5.92 Å². The molecule has 0 saturated heterocycles. The van der Waals surface area contributed by atoms with Crippen molar-refractivity contribution in [3.8, 4) is 0 Å². The molecule has 1 rings (SSSR count). The molecule has 1 N–H and O–H groups in total. The molecular weight excluding hydrogens is 170 g/mol. The minimum atomic E-state index is 0.573. The van der Waals surface area contributed by atoms with Crippen molar-refractivity contribution in [1.29, 1.82) is 0 Å². The highest BCUT2D eigenvalue weighted by Gasteiger charge is 2.00. The fourth-order valence-corrected chi connectivity index (χ4v) is 1.44. The molecule has 0 amide bonds. The largest absolute Gasteiger partial charge is 0.384 e. The molecule has 0 aliphatic heterocycles. The molecule has 1 aromatic carbocycles. The zero-order valence-electron chi connectivity index (χ0n) is 9.25. The summed E-state index contributed by atoms with van der Waals surface area (Å²) in [7, 11) is 0. The van der Waals surface area contributed by atoms with Crippen LogP contribution in [0.25, 0.3) is 0 Å². The van der Waals surface area contributed by atoms with Gasteiger partial charge in [0.05, 0.1) is 0 Å². The van der Waals surface area contributed by atoms with Crippen LogP contribution in [0.5, 0.6) is 0 Å². The molecule has 0 saturated carbocycles. The van der Waals surface area contributed by atoms with Crippen LogP contribution >= 0.6 is 0 Å². The Balaban J connectivity index is 2.48. The normalized spacial score (nSPS) is 11.9. The van der Waals surface area contributed by atoms with Crippen LogP contribution in [0.4, 0.5) is 0 Å². The van der Waals surface area contributed by atoms with E-state index in [4.69, 9.17) is 0 Å². The summed E-state index contributed by atoms with van der Waals surface area (Å²) in [6, 6.07) is 10.5. The van der Waals surface area contributed by atoms with Crippen LogP contribution in [0.15, 0.2) is 42.1 Å². The Kier molecular flexibility index (Phi) is 4.24. The highest BCUT2D eigenvalue weighted by atomic mass is 14.9. The second-order valence-electron chi connectivity index (χ2n) is 3.74. The molecule has 0 bridgehead atoms. The lowest BCUT2D eigenvalue weighted by Crippen LogP contribution is -2.16. The Morgan fingerprint density at radius 2 is 1.93 bits per heavy atom. The molecule has 14 heavy (non-hydrogen) atoms. The van der Waals surface area contributed by atoms with Gasteiger partial charge in [-0.2, -0.15) is 0 Å². The van der Waals surface area contributed by atoms with E-state index < -0.39 is 0 Å². The lowest BCUT2D eigenvalue weighted by atomic mass is 10.1. The van der Waals surface area contributed by atoms with Crippen molar-refractivity contribution in [1.82, 2.24) is 5.32 Å². The second-order valence-corrected chi connectivity index (χ2v) is 3.74. The molecule has 1 heteroatoms. The minimum absolute atomic E-state index is 0.573. The third-order valence-electron chi connectivity index (χ3n) is 2.27. The summed E-state index contributed by atoms with van der Waals surface area (Å²) in [5.74, 6) is 0.573. The Morgan fingerprint density at radius 3 is 2.43 bits per heavy atom. The van der Waals surface area contributed by atoms with Crippen molar-refractivity contribution < 1.29 is 0 Å². The zero-order chi connectivity index (χ0) is 10.4. The van der Waals surface area contributed by atoms with Gasteiger partial charge in [0.1, 0.15) is 0 Å². The van der Waals surface area contributed by atoms with Crippen molar-refractivity contribution in [3.05, 3.63) is 47.7 Å². The van der Waals surface area contributed by atoms with Gasteiger partial charge in [-0.1, -0.05) is 50.3 Å². The molecular formula is C13H19N. The maximum absolute atomic E-state index is 3.45. The van der Waals surface area contributed by atoms with E-state index in [1.165, 1.54) is 11.3 Å². The zero-order valence-corrected chi connectivity index (χ0v) is 9.25. The van der Waals surface area contributed by atoms with Crippen LogP contribution in [0.3, 0.4) is 0 Å². The molecule has 0 aliphatic carbocycles. The molecule has 0 fully saturated rings. The maximum Gasteiger partial charge on any atom is 0.0397 e. The van der Waals surface area contributed by atoms with Gasteiger partial charge in [0.15, 0.2) is 0 Å². The maximum atomic E-state index is 3.45. The van der Waals surface area contributed by atoms with Crippen LogP contribution in [0, 0.1) is 5.92 Å². The highest BCUT2D eigenvalue weighted by Crippen LogP contribution is 2.07. The highest BCUT2D eigenvalue weighted by molar-refractivity contribution is 5.15. The minimum Gasteiger partial charge on any atom is -0.384 e. The van der Waals surface area contributed by atoms with Crippen LogP contribution in [0.2, 0.25) is 0 Å². The predicted octanol–water partition coefficient (Wildman–Crippen LogP) is 3.34. The van der Waals surface area contributed by atoms with Gasteiger partial charge in [-0.15, -0.1) is 0 Å². The van der Waals surface area contributed by atoms with E-state index in [-0.39, 0.29) is 0 Å². The van der Waals surface area contributed by atoms with Gasteiger partial charge in [0.25, 0.3) is 0 Å². The van der Waals surface area contributed by atoms with Crippen molar-refractivity contribution >= 4 is 0 Å². The average molecular weight is 189 g/mol. The molecule has 0 unspecified atom stereocenters. The fraction of sp³-hybridized carbons (Fsp3) is 0.385. The monoisotopic (exact) mass is 189 g/mol. The quantitative estimate of drug-likeness (QED) is 0.766. The Labute approximate surface area is 86.8 Å². The van der Waals surface area contributed by atoms with Crippen LogP contribution < -0.4 is 5.32 Å². The Morgan fingerprint density at radius 1 is 1.29 bits per heavy atom. The van der Waals surface area contributed by atoms with Crippen molar-refractivity contribution in [2.75, 3.05) is 0 Å². The molecule has 0 atom stereocenters. The molecule has 1 nitrogen and oxygen atoms in total. The first-order valence-electron chi connectivity index (χ1n) is 5.18. The number of rotatable bonds is 4. The number of hydrogen-bond donors (Lipinski definition) is 1. The molecule has 0 heterocycles. The molecule has 0 aromatic heterocycles. The molecule has 0 aliphatic rings. The summed E-state index contributed by atoms with van der Waals surface area (Å²) < 4.78 is 0. The molecule has 0 radical (unpaired) electrons. The van der Waals surface area contributed by atoms with Crippen LogP contribution in [-0.2, 0) is 6.54 Å². The predicted molar refractivity (Wildman–Crippen MR) is 61.9 cm³/mol. The van der Waals surface area contributed by atoms with Crippen molar-refractivity contribution in [2.45, 2.75) is 27.3 Å². The standard InChI is InChI=1S/C13H19N/c1-4-13(11(2)3)14-10-12-8-6-5-7-9-12/h4-9,11,14H,10H2,1-3H3. The summed E-state index contributed by atoms with van der Waals surface area (Å²) in [6.07, 6.45) is 2.15. The summed E-state index contributed by atoms with van der Waals surface area (Å²) in [5, 5.41) is 3.45. The van der Waals surface area contributed by atoms with Gasteiger partial charge in [0.2, 0.25) is 0 Å². The molecule has 76 valence electrons. The van der Waals surface area contributed by atoms with E-state index in [1.54, 1.807) is 0 Å². The summed E-state index contributed by atoms with van der Waals surface area (Å²) in [6.45, 7) is 7.40. The van der Waals surface area contributed by atoms with E-state index in [1.807, 2.05) is 6.07 Å². The third-order valence-corrected chi connectivity index (χ3v) is 2.27. The van der Waals surface area contributed by atoms with Gasteiger partial charge in [-0.3, -0.25) is 0 Å². The van der Waals surface area contributed by atoms with Crippen molar-refractivity contribution in [2.24, 2.45) is 5.92 Å². The topological polar surface area (TPSA) is 12.0 Å². The lowest BCUT2D eigenvalue weighted by Gasteiger charge is -2.13. The van der Waals surface area contributed by atoms with Crippen LogP contribution in [0.1, 0.15) is 26.3 Å². The molecule has 0 spiro atoms. The summed E-state index contributed by atoms with van der Waals surface area (Å²) in [5.41, 5.74) is 2.64. The smallest absolute Gasteiger partial charge is 0.0397 e.